The van der Waals surface area contributed by atoms with E-state index in [1.807, 2.05) is 0 Å². The van der Waals surface area contributed by atoms with E-state index in [1.54, 1.807) is 19.1 Å². The highest BCUT2D eigenvalue weighted by Crippen LogP contribution is 1.91. The first-order chi connectivity index (χ1) is 4.72. The summed E-state index contributed by atoms with van der Waals surface area (Å²) < 4.78 is 0. The van der Waals surface area contributed by atoms with Gasteiger partial charge in [-0.25, -0.2) is 0 Å². The van der Waals surface area contributed by atoms with Crippen molar-refractivity contribution in [1.29, 1.82) is 0 Å². The van der Waals surface area contributed by atoms with Crippen LogP contribution in [0.15, 0.2) is 12.2 Å². The van der Waals surface area contributed by atoms with Gasteiger partial charge in [0.2, 0.25) is 0 Å². The van der Waals surface area contributed by atoms with Crippen molar-refractivity contribution in [3.8, 4) is 0 Å². The minimum atomic E-state index is -1.21. The van der Waals surface area contributed by atoms with Crippen LogP contribution in [-0.2, 0) is 4.79 Å². The van der Waals surface area contributed by atoms with Crippen LogP contribution < -0.4 is 0 Å². The fraction of sp³-hybridized carbons (Fsp3) is 0.571. The summed E-state index contributed by atoms with van der Waals surface area (Å²) in [6, 6.07) is 0. The van der Waals surface area contributed by atoms with Gasteiger partial charge < -0.3 is 10.2 Å². The maximum absolute atomic E-state index is 10.7. The second-order valence-electron chi connectivity index (χ2n) is 1.94. The van der Waals surface area contributed by atoms with Crippen molar-refractivity contribution in [2.24, 2.45) is 0 Å². The largest absolute Gasteiger partial charge is 0.393 e. The normalized spacial score (nSPS) is 13.9. The summed E-state index contributed by atoms with van der Waals surface area (Å²) in [4.78, 5) is 10.7. The molecule has 0 amide bonds. The Bertz CT molecular complexity index is 129. The topological polar surface area (TPSA) is 57.5 Å². The van der Waals surface area contributed by atoms with Crippen molar-refractivity contribution in [3.63, 3.8) is 0 Å². The molecule has 0 aliphatic heterocycles. The minimum Gasteiger partial charge on any atom is -0.393 e. The molecule has 3 heteroatoms. The van der Waals surface area contributed by atoms with Crippen LogP contribution in [0.5, 0.6) is 0 Å². The molecule has 0 spiro atoms. The highest BCUT2D eigenvalue weighted by atomic mass is 16.3. The van der Waals surface area contributed by atoms with Crippen molar-refractivity contribution >= 4 is 5.78 Å². The molecule has 0 aromatic heterocycles. The van der Waals surface area contributed by atoms with E-state index in [4.69, 9.17) is 10.2 Å². The van der Waals surface area contributed by atoms with E-state index in [0.717, 1.165) is 0 Å². The van der Waals surface area contributed by atoms with Gasteiger partial charge in [0.25, 0.3) is 0 Å². The molecule has 0 saturated heterocycles. The van der Waals surface area contributed by atoms with E-state index in [1.165, 1.54) is 0 Å². The number of ketones is 1. The van der Waals surface area contributed by atoms with Crippen LogP contribution in [0.4, 0.5) is 0 Å². The Morgan fingerprint density at radius 2 is 2.30 bits per heavy atom. The van der Waals surface area contributed by atoms with Crippen molar-refractivity contribution in [1.82, 2.24) is 0 Å². The molecule has 10 heavy (non-hydrogen) atoms. The number of hydrogen-bond acceptors (Lipinski definition) is 3. The lowest BCUT2D eigenvalue weighted by Gasteiger charge is -2.01. The molecule has 2 N–H and O–H groups in total. The third-order valence-corrected chi connectivity index (χ3v) is 1.10. The maximum atomic E-state index is 10.7. The molecule has 3 nitrogen and oxygen atoms in total. The Balaban J connectivity index is 3.62. The lowest BCUT2D eigenvalue weighted by Crippen LogP contribution is -2.23. The Hall–Kier alpha value is -0.670. The van der Waals surface area contributed by atoms with E-state index < -0.39 is 12.7 Å². The van der Waals surface area contributed by atoms with Gasteiger partial charge >= 0.3 is 0 Å². The second kappa shape index (κ2) is 5.14. The molecule has 0 bridgehead atoms. The fourth-order valence-electron chi connectivity index (χ4n) is 0.472. The first-order valence-electron chi connectivity index (χ1n) is 3.15. The Labute approximate surface area is 60.0 Å². The molecule has 0 rings (SSSR count). The number of rotatable bonds is 4. The molecule has 0 saturated carbocycles. The summed E-state index contributed by atoms with van der Waals surface area (Å²) in [5.74, 6) is -0.347. The fourth-order valence-corrected chi connectivity index (χ4v) is 0.472. The van der Waals surface area contributed by atoms with Crippen molar-refractivity contribution in [2.75, 3.05) is 6.61 Å². The second-order valence-corrected chi connectivity index (χ2v) is 1.94. The lowest BCUT2D eigenvalue weighted by atomic mass is 10.2. The number of aliphatic hydroxyl groups excluding tert-OH is 2. The van der Waals surface area contributed by atoms with Gasteiger partial charge in [0.05, 0.1) is 6.61 Å². The molecule has 0 aromatic carbocycles. The van der Waals surface area contributed by atoms with E-state index >= 15 is 0 Å². The molecule has 0 fully saturated rings. The van der Waals surface area contributed by atoms with Crippen LogP contribution in [0.25, 0.3) is 0 Å². The number of aliphatic hydroxyl groups is 2. The molecule has 1 unspecified atom stereocenters. The summed E-state index contributed by atoms with van der Waals surface area (Å²) in [7, 11) is 0. The zero-order valence-electron chi connectivity index (χ0n) is 5.95. The van der Waals surface area contributed by atoms with E-state index in [2.05, 4.69) is 0 Å². The van der Waals surface area contributed by atoms with Gasteiger partial charge in [0.15, 0.2) is 5.78 Å². The highest BCUT2D eigenvalue weighted by molar-refractivity contribution is 5.84. The zero-order valence-corrected chi connectivity index (χ0v) is 5.95. The van der Waals surface area contributed by atoms with E-state index in [9.17, 15) is 4.79 Å². The van der Waals surface area contributed by atoms with Crippen LogP contribution in [0, 0.1) is 0 Å². The van der Waals surface area contributed by atoms with Crippen LogP contribution >= 0.6 is 0 Å². The molecule has 0 aromatic rings. The molecule has 1 atom stereocenters. The van der Waals surface area contributed by atoms with Gasteiger partial charge in [-0.15, -0.1) is 0 Å². The van der Waals surface area contributed by atoms with Crippen LogP contribution in [0.3, 0.4) is 0 Å². The average molecular weight is 144 g/mol. The quantitative estimate of drug-likeness (QED) is 0.540. The van der Waals surface area contributed by atoms with Gasteiger partial charge in [-0.3, -0.25) is 4.79 Å². The van der Waals surface area contributed by atoms with Gasteiger partial charge in [0, 0.05) is 6.42 Å². The number of Topliss-reactive ketones (excluding diaryl/α,β-unsaturated/α-hetero) is 1. The average Bonchev–Trinajstić information content (AvgIpc) is 1.98. The summed E-state index contributed by atoms with van der Waals surface area (Å²) in [6.07, 6.45) is 2.35. The van der Waals surface area contributed by atoms with Gasteiger partial charge in [-0.1, -0.05) is 12.2 Å². The van der Waals surface area contributed by atoms with Crippen molar-refractivity contribution < 1.29 is 15.0 Å². The summed E-state index contributed by atoms with van der Waals surface area (Å²) in [5, 5.41) is 17.0. The van der Waals surface area contributed by atoms with E-state index in [0.29, 0.717) is 0 Å². The van der Waals surface area contributed by atoms with Gasteiger partial charge in [-0.2, -0.15) is 0 Å². The van der Waals surface area contributed by atoms with Crippen LogP contribution in [0.1, 0.15) is 13.3 Å². The smallest absolute Gasteiger partial charge is 0.167 e. The first-order valence-corrected chi connectivity index (χ1v) is 3.15. The number of carbonyl (C=O) groups is 1. The third kappa shape index (κ3) is 3.37. The van der Waals surface area contributed by atoms with Gasteiger partial charge in [-0.05, 0) is 6.92 Å². The number of hydrogen-bond donors (Lipinski definition) is 2. The van der Waals surface area contributed by atoms with Crippen LogP contribution in [-0.4, -0.2) is 28.7 Å². The summed E-state index contributed by atoms with van der Waals surface area (Å²) >= 11 is 0. The Kier molecular flexibility index (Phi) is 4.80. The molecule has 0 aliphatic carbocycles. The molecular formula is C7H12O3. The van der Waals surface area contributed by atoms with Crippen molar-refractivity contribution in [3.05, 3.63) is 12.2 Å². The predicted octanol–water partition coefficient (Wildman–Crippen LogP) is -0.125. The number of carbonyl (C=O) groups excluding carboxylic acids is 1. The summed E-state index contributed by atoms with van der Waals surface area (Å²) in [5.41, 5.74) is 0. The third-order valence-electron chi connectivity index (χ3n) is 1.10. The lowest BCUT2D eigenvalue weighted by molar-refractivity contribution is -0.128. The van der Waals surface area contributed by atoms with Crippen molar-refractivity contribution in [2.45, 2.75) is 19.4 Å². The SMILES string of the molecule is CC=CCC(=O)C(O)CO. The standard InChI is InChI=1S/C7H12O3/c1-2-3-4-6(9)7(10)5-8/h2-3,7-8,10H,4-5H2,1H3. The number of allylic oxidation sites excluding steroid dienone is 2. The maximum Gasteiger partial charge on any atom is 0.167 e. The Morgan fingerprint density at radius 3 is 2.70 bits per heavy atom. The minimum absolute atomic E-state index is 0.193. The zero-order chi connectivity index (χ0) is 7.98. The summed E-state index contributed by atoms with van der Waals surface area (Å²) in [6.45, 7) is 1.30. The monoisotopic (exact) mass is 144 g/mol. The molecule has 0 heterocycles. The van der Waals surface area contributed by atoms with E-state index in [-0.39, 0.29) is 12.2 Å². The molecule has 0 aliphatic rings. The highest BCUT2D eigenvalue weighted by Gasteiger charge is 2.10. The first kappa shape index (κ1) is 9.33. The van der Waals surface area contributed by atoms with Gasteiger partial charge in [0.1, 0.15) is 6.10 Å². The molecular weight excluding hydrogens is 132 g/mol. The molecule has 0 radical (unpaired) electrons. The van der Waals surface area contributed by atoms with Crippen LogP contribution in [0.2, 0.25) is 0 Å². The Morgan fingerprint density at radius 1 is 1.70 bits per heavy atom. The predicted molar refractivity (Wildman–Crippen MR) is 37.5 cm³/mol. The molecule has 58 valence electrons.